The summed E-state index contributed by atoms with van der Waals surface area (Å²) in [6.07, 6.45) is -0.788. The predicted molar refractivity (Wildman–Crippen MR) is 63.3 cm³/mol. The molecule has 0 saturated heterocycles. The van der Waals surface area contributed by atoms with Crippen LogP contribution in [0, 0.1) is 0 Å². The molecule has 0 aliphatic rings. The molecule has 114 valence electrons. The third-order valence-electron chi connectivity index (χ3n) is 1.79. The van der Waals surface area contributed by atoms with E-state index in [0.29, 0.717) is 19.3 Å². The van der Waals surface area contributed by atoms with Gasteiger partial charge < -0.3 is 29.5 Å². The molecule has 0 aromatic rings. The molecular weight excluding hydrogens is 329 g/mol. The Morgan fingerprint density at radius 3 is 0.789 bits per heavy atom. The predicted octanol–water partition coefficient (Wildman–Crippen LogP) is -0.815. The number of hydrogen-bond donors (Lipinski definition) is 0. The number of hydrogen-bond acceptors (Lipinski definition) is 6. The van der Waals surface area contributed by atoms with Crippen LogP contribution in [0.4, 0.5) is 0 Å². The van der Waals surface area contributed by atoms with Crippen LogP contribution in [0.2, 0.25) is 0 Å². The van der Waals surface area contributed by atoms with Gasteiger partial charge in [0.2, 0.25) is 0 Å². The molecule has 19 heavy (non-hydrogen) atoms. The van der Waals surface area contributed by atoms with Crippen LogP contribution in [-0.4, -0.2) is 40.2 Å². The van der Waals surface area contributed by atoms with Crippen molar-refractivity contribution in [2.75, 3.05) is 21.3 Å². The molecule has 0 aromatic heterocycles. The molecule has 0 rings (SSSR count). The van der Waals surface area contributed by atoms with Gasteiger partial charge >= 0.3 is 32.7 Å². The van der Waals surface area contributed by atoms with Gasteiger partial charge in [0.05, 0.1) is 0 Å². The Morgan fingerprint density at radius 2 is 0.789 bits per heavy atom. The first-order chi connectivity index (χ1) is 8.42. The molecule has 3 atom stereocenters. The molecule has 7 heteroatoms. The summed E-state index contributed by atoms with van der Waals surface area (Å²) in [5, 5.41) is 30.1. The van der Waals surface area contributed by atoms with Crippen LogP contribution >= 0.6 is 0 Å². The van der Waals surface area contributed by atoms with Gasteiger partial charge in [-0.3, -0.25) is 0 Å². The normalized spacial score (nSPS) is 13.7. The van der Waals surface area contributed by atoms with Crippen molar-refractivity contribution in [3.63, 3.8) is 0 Å². The topological polar surface area (TPSA) is 96.9 Å². The van der Waals surface area contributed by atoms with Gasteiger partial charge in [0.25, 0.3) is 0 Å². The van der Waals surface area contributed by atoms with Gasteiger partial charge in [-0.05, 0) is 38.1 Å². The van der Waals surface area contributed by atoms with Crippen LogP contribution in [0.25, 0.3) is 0 Å². The maximum absolute atomic E-state index is 10.0. The summed E-state index contributed by atoms with van der Waals surface area (Å²) in [5.41, 5.74) is 0. The summed E-state index contributed by atoms with van der Waals surface area (Å²) in [6.45, 7) is 5.38. The van der Waals surface area contributed by atoms with Crippen molar-refractivity contribution < 1.29 is 62.2 Å². The second-order valence-electron chi connectivity index (χ2n) is 3.22. The Kier molecular flexibility index (Phi) is 35.4. The summed E-state index contributed by atoms with van der Waals surface area (Å²) >= 11 is 0. The van der Waals surface area contributed by atoms with Gasteiger partial charge in [0.15, 0.2) is 0 Å². The fourth-order valence-corrected chi connectivity index (χ4v) is 0.500. The molecule has 0 aromatic carbocycles. The zero-order valence-corrected chi connectivity index (χ0v) is 15.7. The molecule has 0 bridgehead atoms. The minimum atomic E-state index is -0.815. The third kappa shape index (κ3) is 32.4. The fraction of sp³-hybridized carbons (Fsp3) is 1.00. The fourth-order valence-electron chi connectivity index (χ4n) is 0.500. The van der Waals surface area contributed by atoms with Crippen LogP contribution in [-0.2, 0) is 46.9 Å². The first-order valence-electron chi connectivity index (χ1n) is 5.99. The van der Waals surface area contributed by atoms with Crippen LogP contribution < -0.4 is 15.3 Å². The minimum absolute atomic E-state index is 0. The monoisotopic (exact) mass is 356 g/mol. The van der Waals surface area contributed by atoms with E-state index in [1.54, 1.807) is 20.8 Å². The van der Waals surface area contributed by atoms with Gasteiger partial charge in [0.1, 0.15) is 0 Å². The second kappa shape index (κ2) is 23.9. The van der Waals surface area contributed by atoms with Crippen LogP contribution in [0.15, 0.2) is 0 Å². The molecule has 0 saturated carbocycles. The van der Waals surface area contributed by atoms with Crippen molar-refractivity contribution >= 4 is 0 Å². The standard InChI is InChI=1S/3C4H9O2.Y/c3*1-3-4(5)6-2;/h3*4H,3H2,1-2H3;/q3*-1;+3. The summed E-state index contributed by atoms with van der Waals surface area (Å²) in [5.74, 6) is 0. The molecule has 0 aliphatic carbocycles. The summed E-state index contributed by atoms with van der Waals surface area (Å²) in [7, 11) is 4.25. The molecule has 0 radical (unpaired) electrons. The molecule has 6 nitrogen and oxygen atoms in total. The van der Waals surface area contributed by atoms with Crippen molar-refractivity contribution in [1.29, 1.82) is 0 Å². The zero-order valence-electron chi connectivity index (χ0n) is 12.9. The Bertz CT molecular complexity index is 104. The first kappa shape index (κ1) is 28.1. The van der Waals surface area contributed by atoms with Crippen molar-refractivity contribution in [3.05, 3.63) is 0 Å². The van der Waals surface area contributed by atoms with E-state index in [1.165, 1.54) is 21.3 Å². The van der Waals surface area contributed by atoms with Crippen molar-refractivity contribution in [3.8, 4) is 0 Å². The average molecular weight is 356 g/mol. The largest absolute Gasteiger partial charge is 3.00 e. The van der Waals surface area contributed by atoms with E-state index in [-0.39, 0.29) is 32.7 Å². The van der Waals surface area contributed by atoms with Crippen molar-refractivity contribution in [1.82, 2.24) is 0 Å². The molecular formula is C12H27O6Y. The quantitative estimate of drug-likeness (QED) is 0.577. The van der Waals surface area contributed by atoms with E-state index < -0.39 is 18.9 Å². The molecule has 0 N–H and O–H groups in total. The Labute approximate surface area is 142 Å². The number of rotatable bonds is 6. The Balaban J connectivity index is -0.0000000865. The van der Waals surface area contributed by atoms with E-state index in [1.807, 2.05) is 0 Å². The second-order valence-corrected chi connectivity index (χ2v) is 3.22. The Hall–Kier alpha value is 0.864. The van der Waals surface area contributed by atoms with E-state index >= 15 is 0 Å². The molecule has 0 spiro atoms. The van der Waals surface area contributed by atoms with E-state index in [9.17, 15) is 15.3 Å². The van der Waals surface area contributed by atoms with Crippen LogP contribution in [0.5, 0.6) is 0 Å². The zero-order chi connectivity index (χ0) is 15.0. The summed E-state index contributed by atoms with van der Waals surface area (Å²) in [6, 6.07) is 0. The third-order valence-corrected chi connectivity index (χ3v) is 1.79. The van der Waals surface area contributed by atoms with E-state index in [0.717, 1.165) is 0 Å². The summed E-state index contributed by atoms with van der Waals surface area (Å²) in [4.78, 5) is 0. The first-order valence-corrected chi connectivity index (χ1v) is 5.99. The van der Waals surface area contributed by atoms with Gasteiger partial charge in [-0.1, -0.05) is 20.8 Å². The number of ether oxygens (including phenoxy) is 3. The Morgan fingerprint density at radius 1 is 0.632 bits per heavy atom. The maximum atomic E-state index is 10.0. The van der Waals surface area contributed by atoms with E-state index in [4.69, 9.17) is 0 Å². The van der Waals surface area contributed by atoms with Gasteiger partial charge in [-0.25, -0.2) is 0 Å². The molecule has 3 unspecified atom stereocenters. The molecule has 0 aliphatic heterocycles. The average Bonchev–Trinajstić information content (AvgIpc) is 2.45. The van der Waals surface area contributed by atoms with Crippen molar-refractivity contribution in [2.24, 2.45) is 0 Å². The minimum Gasteiger partial charge on any atom is -0.831 e. The molecule has 0 fully saturated rings. The summed E-state index contributed by atoms with van der Waals surface area (Å²) < 4.78 is 13.0. The van der Waals surface area contributed by atoms with E-state index in [2.05, 4.69) is 14.2 Å². The molecule has 0 heterocycles. The van der Waals surface area contributed by atoms with Gasteiger partial charge in [-0.2, -0.15) is 0 Å². The van der Waals surface area contributed by atoms with Gasteiger partial charge in [-0.15, -0.1) is 0 Å². The molecule has 0 amide bonds. The van der Waals surface area contributed by atoms with Gasteiger partial charge in [0, 0.05) is 21.3 Å². The van der Waals surface area contributed by atoms with Crippen molar-refractivity contribution in [2.45, 2.75) is 58.9 Å². The van der Waals surface area contributed by atoms with Crippen LogP contribution in [0.1, 0.15) is 40.0 Å². The smallest absolute Gasteiger partial charge is 0.831 e. The maximum Gasteiger partial charge on any atom is 3.00 e. The van der Waals surface area contributed by atoms with Crippen LogP contribution in [0.3, 0.4) is 0 Å². The SMILES string of the molecule is CCC([O-])OC.CCC([O-])OC.CCC([O-])OC.[Y+3]. The number of methoxy groups -OCH3 is 3.